The summed E-state index contributed by atoms with van der Waals surface area (Å²) in [7, 11) is 3.07. The van der Waals surface area contributed by atoms with Crippen LogP contribution in [0.4, 0.5) is 5.69 Å². The van der Waals surface area contributed by atoms with Crippen molar-refractivity contribution in [2.45, 2.75) is 0 Å². The summed E-state index contributed by atoms with van der Waals surface area (Å²) in [6, 6.07) is 10.2. The van der Waals surface area contributed by atoms with E-state index in [2.05, 4.69) is 15.9 Å². The number of nitrogens with two attached hydrogens (primary N) is 1. The summed E-state index contributed by atoms with van der Waals surface area (Å²) in [6.45, 7) is 0. The zero-order valence-corrected chi connectivity index (χ0v) is 12.7. The van der Waals surface area contributed by atoms with Gasteiger partial charge in [-0.25, -0.2) is 0 Å². The van der Waals surface area contributed by atoms with E-state index in [9.17, 15) is 4.79 Å². The van der Waals surface area contributed by atoms with Crippen LogP contribution in [-0.4, -0.2) is 20.0 Å². The van der Waals surface area contributed by atoms with E-state index >= 15 is 0 Å². The number of methoxy groups -OCH3 is 2. The lowest BCUT2D eigenvalue weighted by molar-refractivity contribution is 0.103. The second kappa shape index (κ2) is 5.96. The number of halogens is 1. The van der Waals surface area contributed by atoms with E-state index in [-0.39, 0.29) is 5.78 Å². The molecule has 0 radical (unpaired) electrons. The van der Waals surface area contributed by atoms with E-state index in [1.54, 1.807) is 43.5 Å². The third-order valence-electron chi connectivity index (χ3n) is 2.91. The Morgan fingerprint density at radius 3 is 2.35 bits per heavy atom. The maximum Gasteiger partial charge on any atom is 0.198 e. The summed E-state index contributed by atoms with van der Waals surface area (Å²) in [5, 5.41) is 0. The molecule has 2 N–H and O–H groups in total. The highest BCUT2D eigenvalue weighted by Crippen LogP contribution is 2.29. The van der Waals surface area contributed by atoms with Crippen LogP contribution < -0.4 is 15.2 Å². The molecule has 0 amide bonds. The summed E-state index contributed by atoms with van der Waals surface area (Å²) in [6.07, 6.45) is 0. The number of ketones is 1. The number of nitrogen functional groups attached to an aromatic ring is 1. The molecule has 0 aromatic heterocycles. The van der Waals surface area contributed by atoms with Gasteiger partial charge < -0.3 is 15.2 Å². The highest BCUT2D eigenvalue weighted by atomic mass is 79.9. The molecule has 0 aliphatic carbocycles. The van der Waals surface area contributed by atoms with Gasteiger partial charge in [-0.15, -0.1) is 0 Å². The van der Waals surface area contributed by atoms with Crippen molar-refractivity contribution in [3.8, 4) is 11.5 Å². The molecule has 0 aliphatic heterocycles. The van der Waals surface area contributed by atoms with Gasteiger partial charge in [0.25, 0.3) is 0 Å². The van der Waals surface area contributed by atoms with E-state index in [1.807, 2.05) is 0 Å². The van der Waals surface area contributed by atoms with Crippen molar-refractivity contribution in [3.63, 3.8) is 0 Å². The molecular formula is C15H14BrNO3. The van der Waals surface area contributed by atoms with Crippen LogP contribution in [0, 0.1) is 0 Å². The molecule has 4 nitrogen and oxygen atoms in total. The third kappa shape index (κ3) is 2.77. The van der Waals surface area contributed by atoms with Crippen molar-refractivity contribution >= 4 is 27.4 Å². The third-order valence-corrected chi connectivity index (χ3v) is 3.40. The number of benzene rings is 2. The first-order valence-corrected chi connectivity index (χ1v) is 6.68. The summed E-state index contributed by atoms with van der Waals surface area (Å²) >= 11 is 3.32. The Bertz CT molecular complexity index is 656. The first kappa shape index (κ1) is 14.4. The van der Waals surface area contributed by atoms with Crippen molar-refractivity contribution in [1.82, 2.24) is 0 Å². The van der Waals surface area contributed by atoms with Crippen LogP contribution in [0.2, 0.25) is 0 Å². The van der Waals surface area contributed by atoms with Crippen molar-refractivity contribution in [2.75, 3.05) is 20.0 Å². The van der Waals surface area contributed by atoms with Gasteiger partial charge in [-0.05, 0) is 30.3 Å². The number of rotatable bonds is 4. The van der Waals surface area contributed by atoms with Crippen LogP contribution in [0.1, 0.15) is 15.9 Å². The molecule has 0 bridgehead atoms. The summed E-state index contributed by atoms with van der Waals surface area (Å²) in [5.74, 6) is 0.897. The molecule has 0 saturated carbocycles. The maximum atomic E-state index is 12.5. The van der Waals surface area contributed by atoms with Crippen molar-refractivity contribution in [3.05, 3.63) is 52.0 Å². The lowest BCUT2D eigenvalue weighted by Crippen LogP contribution is -2.07. The van der Waals surface area contributed by atoms with Crippen LogP contribution in [0.15, 0.2) is 40.9 Å². The zero-order valence-electron chi connectivity index (χ0n) is 11.1. The molecule has 2 aromatic carbocycles. The molecule has 0 fully saturated rings. The average Bonchev–Trinajstić information content (AvgIpc) is 2.46. The van der Waals surface area contributed by atoms with Gasteiger partial charge in [-0.1, -0.05) is 15.9 Å². The van der Waals surface area contributed by atoms with Gasteiger partial charge in [0, 0.05) is 21.8 Å². The van der Waals surface area contributed by atoms with Gasteiger partial charge in [0.05, 0.1) is 19.8 Å². The van der Waals surface area contributed by atoms with Crippen LogP contribution >= 0.6 is 15.9 Å². The lowest BCUT2D eigenvalue weighted by atomic mass is 10.0. The van der Waals surface area contributed by atoms with E-state index in [0.717, 1.165) is 4.47 Å². The quantitative estimate of drug-likeness (QED) is 0.688. The summed E-state index contributed by atoms with van der Waals surface area (Å²) < 4.78 is 11.2. The Labute approximate surface area is 125 Å². The SMILES string of the molecule is COc1ccc(C(=O)c2ccc(Br)cc2N)c(OC)c1. The fourth-order valence-corrected chi connectivity index (χ4v) is 2.25. The van der Waals surface area contributed by atoms with Gasteiger partial charge >= 0.3 is 0 Å². The Morgan fingerprint density at radius 1 is 1.05 bits per heavy atom. The molecule has 0 heterocycles. The van der Waals surface area contributed by atoms with E-state index in [4.69, 9.17) is 15.2 Å². The molecular weight excluding hydrogens is 322 g/mol. The molecule has 2 aromatic rings. The smallest absolute Gasteiger partial charge is 0.198 e. The first-order chi connectivity index (χ1) is 9.56. The number of ether oxygens (including phenoxy) is 2. The number of hydrogen-bond donors (Lipinski definition) is 1. The minimum Gasteiger partial charge on any atom is -0.497 e. The van der Waals surface area contributed by atoms with Crippen molar-refractivity contribution in [2.24, 2.45) is 0 Å². The number of hydrogen-bond acceptors (Lipinski definition) is 4. The highest BCUT2D eigenvalue weighted by molar-refractivity contribution is 9.10. The molecule has 2 rings (SSSR count). The molecule has 20 heavy (non-hydrogen) atoms. The largest absolute Gasteiger partial charge is 0.497 e. The van der Waals surface area contributed by atoms with E-state index in [1.165, 1.54) is 7.11 Å². The number of carbonyl (C=O) groups excluding carboxylic acids is 1. The van der Waals surface area contributed by atoms with Crippen LogP contribution in [-0.2, 0) is 0 Å². The monoisotopic (exact) mass is 335 g/mol. The highest BCUT2D eigenvalue weighted by Gasteiger charge is 2.17. The average molecular weight is 336 g/mol. The molecule has 0 spiro atoms. The number of anilines is 1. The zero-order chi connectivity index (χ0) is 14.7. The Balaban J connectivity index is 2.47. The summed E-state index contributed by atoms with van der Waals surface area (Å²) in [4.78, 5) is 12.5. The summed E-state index contributed by atoms with van der Waals surface area (Å²) in [5.41, 5.74) is 7.20. The second-order valence-electron chi connectivity index (χ2n) is 4.13. The van der Waals surface area contributed by atoms with Crippen LogP contribution in [0.3, 0.4) is 0 Å². The molecule has 0 unspecified atom stereocenters. The Morgan fingerprint density at radius 2 is 1.75 bits per heavy atom. The first-order valence-electron chi connectivity index (χ1n) is 5.88. The molecule has 0 saturated heterocycles. The second-order valence-corrected chi connectivity index (χ2v) is 5.04. The number of carbonyl (C=O) groups is 1. The standard InChI is InChI=1S/C15H14BrNO3/c1-19-10-4-6-12(14(8-10)20-2)15(18)11-5-3-9(16)7-13(11)17/h3-8H,17H2,1-2H3. The van der Waals surface area contributed by atoms with Crippen molar-refractivity contribution in [1.29, 1.82) is 0 Å². The predicted octanol–water partition coefficient (Wildman–Crippen LogP) is 3.28. The molecule has 104 valence electrons. The molecule has 5 heteroatoms. The van der Waals surface area contributed by atoms with Crippen LogP contribution in [0.25, 0.3) is 0 Å². The minimum absolute atomic E-state index is 0.186. The fraction of sp³-hybridized carbons (Fsp3) is 0.133. The van der Waals surface area contributed by atoms with Gasteiger partial charge in [-0.2, -0.15) is 0 Å². The fourth-order valence-electron chi connectivity index (χ4n) is 1.87. The predicted molar refractivity (Wildman–Crippen MR) is 81.5 cm³/mol. The van der Waals surface area contributed by atoms with E-state index < -0.39 is 0 Å². The Hall–Kier alpha value is -2.01. The van der Waals surface area contributed by atoms with E-state index in [0.29, 0.717) is 28.3 Å². The molecule has 0 atom stereocenters. The molecule has 0 aliphatic rings. The van der Waals surface area contributed by atoms with Gasteiger partial charge in [0.1, 0.15) is 11.5 Å². The van der Waals surface area contributed by atoms with Gasteiger partial charge in [-0.3, -0.25) is 4.79 Å². The van der Waals surface area contributed by atoms with Gasteiger partial charge in [0.15, 0.2) is 5.78 Å². The Kier molecular flexibility index (Phi) is 4.29. The van der Waals surface area contributed by atoms with Gasteiger partial charge in [0.2, 0.25) is 0 Å². The lowest BCUT2D eigenvalue weighted by Gasteiger charge is -2.11. The minimum atomic E-state index is -0.186. The van der Waals surface area contributed by atoms with Crippen molar-refractivity contribution < 1.29 is 14.3 Å². The maximum absolute atomic E-state index is 12.5. The topological polar surface area (TPSA) is 61.5 Å². The normalized spacial score (nSPS) is 10.2. The van der Waals surface area contributed by atoms with Crippen LogP contribution in [0.5, 0.6) is 11.5 Å².